The van der Waals surface area contributed by atoms with Crippen LogP contribution in [0.15, 0.2) is 36.4 Å². The van der Waals surface area contributed by atoms with Crippen molar-refractivity contribution in [3.63, 3.8) is 0 Å². The van der Waals surface area contributed by atoms with E-state index in [0.29, 0.717) is 17.1 Å². The zero-order valence-corrected chi connectivity index (χ0v) is 15.6. The van der Waals surface area contributed by atoms with Crippen LogP contribution in [0.2, 0.25) is 0 Å². The zero-order valence-electron chi connectivity index (χ0n) is 15.6. The molecule has 1 amide bonds. The number of methoxy groups -OCH3 is 2. The molecule has 2 aromatic rings. The fourth-order valence-corrected chi connectivity index (χ4v) is 3.81. The summed E-state index contributed by atoms with van der Waals surface area (Å²) in [6.07, 6.45) is 3.73. The van der Waals surface area contributed by atoms with Crippen LogP contribution in [-0.2, 0) is 10.2 Å². The lowest BCUT2D eigenvalue weighted by Gasteiger charge is -2.29. The monoisotopic (exact) mass is 354 g/mol. The summed E-state index contributed by atoms with van der Waals surface area (Å²) in [4.78, 5) is 13.3. The highest BCUT2D eigenvalue weighted by Crippen LogP contribution is 2.43. The first-order valence-electron chi connectivity index (χ1n) is 8.90. The fourth-order valence-electron chi connectivity index (χ4n) is 3.81. The smallest absolute Gasteiger partial charge is 0.235 e. The summed E-state index contributed by atoms with van der Waals surface area (Å²) >= 11 is 0. The Bertz CT molecular complexity index is 811. The molecule has 0 aromatic heterocycles. The Morgan fingerprint density at radius 2 is 1.73 bits per heavy atom. The fraction of sp³-hybridized carbons (Fsp3) is 0.381. The van der Waals surface area contributed by atoms with Gasteiger partial charge in [-0.1, -0.05) is 25.0 Å². The second-order valence-electron chi connectivity index (χ2n) is 6.88. The van der Waals surface area contributed by atoms with Crippen molar-refractivity contribution in [3.05, 3.63) is 47.5 Å². The molecule has 3 rings (SSSR count). The van der Waals surface area contributed by atoms with Gasteiger partial charge in [0.05, 0.1) is 25.3 Å². The number of hydrogen-bond acceptors (Lipinski definition) is 4. The van der Waals surface area contributed by atoms with Crippen LogP contribution < -0.4 is 20.5 Å². The number of amides is 1. The van der Waals surface area contributed by atoms with E-state index in [-0.39, 0.29) is 5.91 Å². The van der Waals surface area contributed by atoms with Gasteiger partial charge < -0.3 is 20.5 Å². The maximum absolute atomic E-state index is 13.3. The SMILES string of the molecule is COc1cc(C2(C(=O)Nc3ccc(OC)c(N)c3)CCCC2)ccc1C. The van der Waals surface area contributed by atoms with Gasteiger partial charge in [-0.3, -0.25) is 4.79 Å². The third-order valence-corrected chi connectivity index (χ3v) is 5.34. The van der Waals surface area contributed by atoms with Gasteiger partial charge in [0.15, 0.2) is 0 Å². The minimum Gasteiger partial charge on any atom is -0.496 e. The lowest BCUT2D eigenvalue weighted by molar-refractivity contribution is -0.121. The molecule has 3 N–H and O–H groups in total. The van der Waals surface area contributed by atoms with Crippen molar-refractivity contribution >= 4 is 17.3 Å². The molecule has 138 valence electrons. The van der Waals surface area contributed by atoms with E-state index >= 15 is 0 Å². The number of nitrogens with one attached hydrogen (secondary N) is 1. The number of hydrogen-bond donors (Lipinski definition) is 2. The average molecular weight is 354 g/mol. The summed E-state index contributed by atoms with van der Waals surface area (Å²) < 4.78 is 10.6. The Morgan fingerprint density at radius 3 is 2.35 bits per heavy atom. The van der Waals surface area contributed by atoms with E-state index in [4.69, 9.17) is 15.2 Å². The standard InChI is InChI=1S/C21H26N2O3/c1-14-6-7-15(12-19(14)26-3)21(10-4-5-11-21)20(24)23-16-8-9-18(25-2)17(22)13-16/h6-9,12-13H,4-5,10-11,22H2,1-3H3,(H,23,24). The van der Waals surface area contributed by atoms with Crippen LogP contribution in [0.25, 0.3) is 0 Å². The number of nitrogen functional groups attached to an aromatic ring is 1. The van der Waals surface area contributed by atoms with Gasteiger partial charge in [-0.05, 0) is 55.2 Å². The molecule has 1 saturated carbocycles. The summed E-state index contributed by atoms with van der Waals surface area (Å²) in [6, 6.07) is 11.4. The molecule has 0 atom stereocenters. The second-order valence-corrected chi connectivity index (χ2v) is 6.88. The number of nitrogens with two attached hydrogens (primary N) is 1. The van der Waals surface area contributed by atoms with E-state index in [0.717, 1.165) is 42.6 Å². The maximum Gasteiger partial charge on any atom is 0.235 e. The molecule has 1 aliphatic carbocycles. The third kappa shape index (κ3) is 3.21. The molecule has 5 nitrogen and oxygen atoms in total. The predicted octanol–water partition coefficient (Wildman–Crippen LogP) is 4.04. The van der Waals surface area contributed by atoms with Crippen LogP contribution in [0.1, 0.15) is 36.8 Å². The number of carbonyl (C=O) groups excluding carboxylic acids is 1. The molecule has 1 fully saturated rings. The topological polar surface area (TPSA) is 73.6 Å². The largest absolute Gasteiger partial charge is 0.496 e. The molecule has 0 radical (unpaired) electrons. The molecule has 1 aliphatic rings. The predicted molar refractivity (Wildman–Crippen MR) is 104 cm³/mol. The maximum atomic E-state index is 13.3. The normalized spacial score (nSPS) is 15.5. The van der Waals surface area contributed by atoms with Crippen LogP contribution in [0, 0.1) is 6.92 Å². The van der Waals surface area contributed by atoms with Gasteiger partial charge >= 0.3 is 0 Å². The van der Waals surface area contributed by atoms with Crippen LogP contribution in [0.4, 0.5) is 11.4 Å². The number of aryl methyl sites for hydroxylation is 1. The lowest BCUT2D eigenvalue weighted by atomic mass is 9.77. The molecular weight excluding hydrogens is 328 g/mol. The molecule has 26 heavy (non-hydrogen) atoms. The van der Waals surface area contributed by atoms with Crippen LogP contribution in [0.3, 0.4) is 0 Å². The minimum absolute atomic E-state index is 0.00507. The van der Waals surface area contributed by atoms with E-state index in [2.05, 4.69) is 5.32 Å². The number of benzene rings is 2. The highest BCUT2D eigenvalue weighted by Gasteiger charge is 2.43. The Labute approximate surface area is 154 Å². The van der Waals surface area contributed by atoms with Gasteiger partial charge in [0, 0.05) is 5.69 Å². The van der Waals surface area contributed by atoms with Crippen molar-refractivity contribution in [2.75, 3.05) is 25.3 Å². The van der Waals surface area contributed by atoms with Gasteiger partial charge in [0.25, 0.3) is 0 Å². The summed E-state index contributed by atoms with van der Waals surface area (Å²) in [6.45, 7) is 2.00. The summed E-state index contributed by atoms with van der Waals surface area (Å²) in [5.41, 5.74) is 8.69. The molecule has 0 aliphatic heterocycles. The molecule has 0 unspecified atom stereocenters. The zero-order chi connectivity index (χ0) is 18.7. The number of carbonyl (C=O) groups is 1. The first-order chi connectivity index (χ1) is 12.5. The highest BCUT2D eigenvalue weighted by atomic mass is 16.5. The third-order valence-electron chi connectivity index (χ3n) is 5.34. The lowest BCUT2D eigenvalue weighted by Crippen LogP contribution is -2.38. The van der Waals surface area contributed by atoms with Crippen LogP contribution in [0.5, 0.6) is 11.5 Å². The quantitative estimate of drug-likeness (QED) is 0.795. The molecule has 0 spiro atoms. The number of rotatable bonds is 5. The highest BCUT2D eigenvalue weighted by molar-refractivity contribution is 6.00. The number of anilines is 2. The van der Waals surface area contributed by atoms with Crippen molar-refractivity contribution in [1.82, 2.24) is 0 Å². The van der Waals surface area contributed by atoms with E-state index in [9.17, 15) is 4.79 Å². The molecule has 5 heteroatoms. The Hall–Kier alpha value is -2.69. The van der Waals surface area contributed by atoms with Crippen molar-refractivity contribution in [3.8, 4) is 11.5 Å². The Kier molecular flexibility index (Phi) is 5.07. The second kappa shape index (κ2) is 7.28. The van der Waals surface area contributed by atoms with Crippen LogP contribution in [-0.4, -0.2) is 20.1 Å². The van der Waals surface area contributed by atoms with Crippen molar-refractivity contribution in [2.24, 2.45) is 0 Å². The summed E-state index contributed by atoms with van der Waals surface area (Å²) in [5.74, 6) is 1.42. The molecule has 2 aromatic carbocycles. The first-order valence-corrected chi connectivity index (χ1v) is 8.90. The average Bonchev–Trinajstić information content (AvgIpc) is 3.13. The molecule has 0 saturated heterocycles. The van der Waals surface area contributed by atoms with Crippen molar-refractivity contribution < 1.29 is 14.3 Å². The number of ether oxygens (including phenoxy) is 2. The Morgan fingerprint density at radius 1 is 1.04 bits per heavy atom. The van der Waals surface area contributed by atoms with Gasteiger partial charge in [-0.15, -0.1) is 0 Å². The minimum atomic E-state index is -0.532. The van der Waals surface area contributed by atoms with Gasteiger partial charge in [-0.25, -0.2) is 0 Å². The van der Waals surface area contributed by atoms with Gasteiger partial charge in [0.1, 0.15) is 11.5 Å². The summed E-state index contributed by atoms with van der Waals surface area (Å²) in [5, 5.41) is 3.05. The Balaban J connectivity index is 1.92. The summed E-state index contributed by atoms with van der Waals surface area (Å²) in [7, 11) is 3.23. The van der Waals surface area contributed by atoms with Crippen molar-refractivity contribution in [1.29, 1.82) is 0 Å². The first kappa shape index (κ1) is 18.1. The van der Waals surface area contributed by atoms with Gasteiger partial charge in [-0.2, -0.15) is 0 Å². The van der Waals surface area contributed by atoms with Crippen LogP contribution >= 0.6 is 0 Å². The molecular formula is C21H26N2O3. The molecule has 0 bridgehead atoms. The van der Waals surface area contributed by atoms with Gasteiger partial charge in [0.2, 0.25) is 5.91 Å². The van der Waals surface area contributed by atoms with E-state index in [1.54, 1.807) is 26.4 Å². The van der Waals surface area contributed by atoms with E-state index in [1.165, 1.54) is 0 Å². The van der Waals surface area contributed by atoms with E-state index in [1.807, 2.05) is 31.2 Å². The van der Waals surface area contributed by atoms with E-state index < -0.39 is 5.41 Å². The molecule has 0 heterocycles. The van der Waals surface area contributed by atoms with Crippen molar-refractivity contribution in [2.45, 2.75) is 38.0 Å².